The normalized spacial score (nSPS) is 14.9. The third-order valence-electron chi connectivity index (χ3n) is 2.29. The highest BCUT2D eigenvalue weighted by Gasteiger charge is 2.28. The zero-order valence-corrected chi connectivity index (χ0v) is 11.0. The summed E-state index contributed by atoms with van der Waals surface area (Å²) in [5, 5.41) is 9.70. The van der Waals surface area contributed by atoms with Crippen LogP contribution in [0.2, 0.25) is 5.02 Å². The number of nitriles is 1. The zero-order valence-electron chi connectivity index (χ0n) is 9.47. The maximum atomic E-state index is 10.9. The van der Waals surface area contributed by atoms with Crippen LogP contribution >= 0.6 is 11.6 Å². The summed E-state index contributed by atoms with van der Waals surface area (Å²) in [7, 11) is -3.56. The summed E-state index contributed by atoms with van der Waals surface area (Å²) in [6.45, 7) is 1.39. The Hall–Kier alpha value is -1.09. The van der Waals surface area contributed by atoms with Crippen molar-refractivity contribution in [2.75, 3.05) is 12.9 Å². The van der Waals surface area contributed by atoms with Gasteiger partial charge in [-0.05, 0) is 24.6 Å². The van der Waals surface area contributed by atoms with E-state index in [2.05, 4.69) is 10.3 Å². The Bertz CT molecular complexity index is 533. The van der Waals surface area contributed by atoms with Crippen molar-refractivity contribution in [1.82, 2.24) is 0 Å². The van der Waals surface area contributed by atoms with Crippen LogP contribution in [0.3, 0.4) is 0 Å². The Kier molecular flexibility index (Phi) is 4.15. The molecule has 92 valence electrons. The van der Waals surface area contributed by atoms with Crippen LogP contribution in [0.25, 0.3) is 0 Å². The van der Waals surface area contributed by atoms with Gasteiger partial charge in [-0.15, -0.1) is 0 Å². The van der Waals surface area contributed by atoms with E-state index in [1.807, 2.05) is 0 Å². The number of benzene rings is 1. The third-order valence-corrected chi connectivity index (χ3v) is 3.09. The van der Waals surface area contributed by atoms with Crippen LogP contribution in [0.1, 0.15) is 12.5 Å². The van der Waals surface area contributed by atoms with E-state index in [0.717, 1.165) is 6.26 Å². The summed E-state index contributed by atoms with van der Waals surface area (Å²) in [6.07, 6.45) is 0.951. The minimum atomic E-state index is -3.56. The Labute approximate surface area is 106 Å². The summed E-state index contributed by atoms with van der Waals surface area (Å²) < 4.78 is 26.5. The first-order chi connectivity index (χ1) is 7.77. The zero-order chi connectivity index (χ0) is 13.1. The van der Waals surface area contributed by atoms with Gasteiger partial charge in [-0.1, -0.05) is 23.7 Å². The van der Waals surface area contributed by atoms with Crippen molar-refractivity contribution in [3.8, 4) is 6.07 Å². The van der Waals surface area contributed by atoms with Crippen LogP contribution < -0.4 is 0 Å². The molecule has 0 bridgehead atoms. The molecule has 0 saturated carbocycles. The second-order valence-corrected chi connectivity index (χ2v) is 6.00. The van der Waals surface area contributed by atoms with Crippen molar-refractivity contribution in [2.45, 2.75) is 12.3 Å². The van der Waals surface area contributed by atoms with Gasteiger partial charge in [0.2, 0.25) is 0 Å². The molecule has 1 aromatic carbocycles. The first-order valence-corrected chi connectivity index (χ1v) is 6.98. The summed E-state index contributed by atoms with van der Waals surface area (Å²) in [6, 6.07) is 8.70. The predicted octanol–water partition coefficient (Wildman–Crippen LogP) is 2.10. The van der Waals surface area contributed by atoms with Gasteiger partial charge >= 0.3 is 0 Å². The van der Waals surface area contributed by atoms with E-state index >= 15 is 0 Å². The van der Waals surface area contributed by atoms with E-state index in [0.29, 0.717) is 10.6 Å². The van der Waals surface area contributed by atoms with Gasteiger partial charge in [0, 0.05) is 5.02 Å². The molecule has 0 aliphatic heterocycles. The lowest BCUT2D eigenvalue weighted by molar-refractivity contribution is 0.270. The molecule has 0 aliphatic rings. The number of halogens is 1. The summed E-state index contributed by atoms with van der Waals surface area (Å²) in [4.78, 5) is 0. The summed E-state index contributed by atoms with van der Waals surface area (Å²) >= 11 is 5.74. The largest absolute Gasteiger partial charge is 0.268 e. The summed E-state index contributed by atoms with van der Waals surface area (Å²) in [5.41, 5.74) is -0.360. The van der Waals surface area contributed by atoms with E-state index in [9.17, 15) is 8.42 Å². The van der Waals surface area contributed by atoms with Crippen LogP contribution in [-0.4, -0.2) is 21.3 Å². The number of hydrogen-bond acceptors (Lipinski definition) is 4. The fourth-order valence-corrected chi connectivity index (χ4v) is 1.80. The number of rotatable bonds is 4. The molecule has 0 saturated heterocycles. The molecule has 1 atom stereocenters. The molecule has 0 spiro atoms. The molecule has 0 amide bonds. The first kappa shape index (κ1) is 14.0. The minimum absolute atomic E-state index is 0.218. The van der Waals surface area contributed by atoms with Crippen molar-refractivity contribution in [2.24, 2.45) is 0 Å². The third kappa shape index (κ3) is 4.00. The van der Waals surface area contributed by atoms with Gasteiger partial charge in [0.05, 0.1) is 18.9 Å². The maximum Gasteiger partial charge on any atom is 0.264 e. The molecule has 6 heteroatoms. The van der Waals surface area contributed by atoms with Gasteiger partial charge in [0.15, 0.2) is 0 Å². The van der Waals surface area contributed by atoms with Crippen molar-refractivity contribution < 1.29 is 12.6 Å². The Morgan fingerprint density at radius 1 is 1.41 bits per heavy atom. The van der Waals surface area contributed by atoms with Crippen molar-refractivity contribution in [1.29, 1.82) is 5.26 Å². The second-order valence-electron chi connectivity index (χ2n) is 3.92. The lowest BCUT2D eigenvalue weighted by atomic mass is 9.85. The lowest BCUT2D eigenvalue weighted by Crippen LogP contribution is -2.27. The quantitative estimate of drug-likeness (QED) is 0.788. The fraction of sp³-hybridized carbons (Fsp3) is 0.364. The van der Waals surface area contributed by atoms with Gasteiger partial charge < -0.3 is 0 Å². The molecule has 4 nitrogen and oxygen atoms in total. The second kappa shape index (κ2) is 5.05. The molecule has 1 unspecified atom stereocenters. The molecule has 1 aromatic rings. The smallest absolute Gasteiger partial charge is 0.264 e. The molecule has 17 heavy (non-hydrogen) atoms. The van der Waals surface area contributed by atoms with Crippen LogP contribution in [0, 0.1) is 11.3 Å². The molecule has 0 aliphatic carbocycles. The van der Waals surface area contributed by atoms with Crippen LogP contribution in [0.5, 0.6) is 0 Å². The molecular formula is C11H12ClNO3S. The van der Waals surface area contributed by atoms with E-state index < -0.39 is 15.5 Å². The van der Waals surface area contributed by atoms with Crippen molar-refractivity contribution in [3.63, 3.8) is 0 Å². The van der Waals surface area contributed by atoms with Crippen LogP contribution in [0.15, 0.2) is 24.3 Å². The monoisotopic (exact) mass is 273 g/mol. The Morgan fingerprint density at radius 2 is 1.94 bits per heavy atom. The summed E-state index contributed by atoms with van der Waals surface area (Å²) in [5.74, 6) is 0. The molecule has 0 aromatic heterocycles. The van der Waals surface area contributed by atoms with Gasteiger partial charge in [-0.3, -0.25) is 4.18 Å². The van der Waals surface area contributed by atoms with Crippen molar-refractivity contribution in [3.05, 3.63) is 34.9 Å². The standard InChI is InChI=1S/C11H12ClNO3S/c1-11(7-13,8-16-17(2,14)15)9-3-5-10(12)6-4-9/h3-6H,8H2,1-2H3. The topological polar surface area (TPSA) is 67.2 Å². The van der Waals surface area contributed by atoms with Gasteiger partial charge in [0.25, 0.3) is 10.1 Å². The van der Waals surface area contributed by atoms with Gasteiger partial charge in [0.1, 0.15) is 5.41 Å². The fourth-order valence-electron chi connectivity index (χ4n) is 1.22. The minimum Gasteiger partial charge on any atom is -0.268 e. The highest BCUT2D eigenvalue weighted by molar-refractivity contribution is 7.85. The van der Waals surface area contributed by atoms with Crippen LogP contribution in [-0.2, 0) is 19.7 Å². The average Bonchev–Trinajstić information content (AvgIpc) is 2.26. The molecular weight excluding hydrogens is 262 g/mol. The van der Waals surface area contributed by atoms with Crippen molar-refractivity contribution >= 4 is 21.7 Å². The van der Waals surface area contributed by atoms with E-state index in [1.165, 1.54) is 0 Å². The number of nitrogens with zero attached hydrogens (tertiary/aromatic N) is 1. The van der Waals surface area contributed by atoms with Gasteiger partial charge in [-0.2, -0.15) is 13.7 Å². The molecule has 0 fully saturated rings. The molecule has 0 radical (unpaired) electrons. The highest BCUT2D eigenvalue weighted by atomic mass is 35.5. The molecule has 0 N–H and O–H groups in total. The number of hydrogen-bond donors (Lipinski definition) is 0. The Balaban J connectivity index is 2.97. The lowest BCUT2D eigenvalue weighted by Gasteiger charge is -2.21. The van der Waals surface area contributed by atoms with E-state index in [-0.39, 0.29) is 6.61 Å². The maximum absolute atomic E-state index is 10.9. The average molecular weight is 274 g/mol. The first-order valence-electron chi connectivity index (χ1n) is 4.78. The van der Waals surface area contributed by atoms with E-state index in [4.69, 9.17) is 16.9 Å². The molecule has 1 rings (SSSR count). The SMILES string of the molecule is CC(C#N)(COS(C)(=O)=O)c1ccc(Cl)cc1. The van der Waals surface area contributed by atoms with E-state index in [1.54, 1.807) is 31.2 Å². The van der Waals surface area contributed by atoms with Crippen LogP contribution in [0.4, 0.5) is 0 Å². The Morgan fingerprint density at radius 3 is 2.35 bits per heavy atom. The van der Waals surface area contributed by atoms with Gasteiger partial charge in [-0.25, -0.2) is 0 Å². The highest BCUT2D eigenvalue weighted by Crippen LogP contribution is 2.25. The molecule has 0 heterocycles. The predicted molar refractivity (Wildman–Crippen MR) is 65.2 cm³/mol.